The van der Waals surface area contributed by atoms with E-state index >= 15 is 0 Å². The first-order chi connectivity index (χ1) is 9.76. The molecule has 2 heterocycles. The van der Waals surface area contributed by atoms with Crippen LogP contribution in [-0.2, 0) is 0 Å². The molecule has 3 N–H and O–H groups in total. The number of hydrogen-bond acceptors (Lipinski definition) is 5. The van der Waals surface area contributed by atoms with Crippen molar-refractivity contribution in [1.29, 1.82) is 0 Å². The predicted octanol–water partition coefficient (Wildman–Crippen LogP) is 2.63. The molecular formula is C14H22N6. The minimum absolute atomic E-state index is 0.613. The van der Waals surface area contributed by atoms with Gasteiger partial charge in [-0.25, -0.2) is 0 Å². The lowest BCUT2D eigenvalue weighted by molar-refractivity contribution is 0.300. The van der Waals surface area contributed by atoms with E-state index in [9.17, 15) is 0 Å². The van der Waals surface area contributed by atoms with Crippen molar-refractivity contribution in [3.05, 3.63) is 6.20 Å². The average molecular weight is 274 g/mol. The van der Waals surface area contributed by atoms with Crippen LogP contribution in [0.3, 0.4) is 0 Å². The molecule has 6 nitrogen and oxygen atoms in total. The Morgan fingerprint density at radius 1 is 1.25 bits per heavy atom. The molecule has 1 fully saturated rings. The second-order valence-corrected chi connectivity index (χ2v) is 5.78. The Kier molecular flexibility index (Phi) is 3.71. The van der Waals surface area contributed by atoms with Crippen molar-refractivity contribution in [2.45, 2.75) is 32.6 Å². The summed E-state index contributed by atoms with van der Waals surface area (Å²) < 4.78 is 0. The van der Waals surface area contributed by atoms with Crippen molar-refractivity contribution in [3.63, 3.8) is 0 Å². The predicted molar refractivity (Wildman–Crippen MR) is 80.8 cm³/mol. The third-order valence-electron chi connectivity index (χ3n) is 4.23. The van der Waals surface area contributed by atoms with Gasteiger partial charge in [0.1, 0.15) is 5.82 Å². The second-order valence-electron chi connectivity index (χ2n) is 5.78. The third-order valence-corrected chi connectivity index (χ3v) is 4.23. The van der Waals surface area contributed by atoms with Gasteiger partial charge in [0.25, 0.3) is 0 Å². The molecule has 2 aromatic rings. The second kappa shape index (κ2) is 5.64. The number of nitrogens with one attached hydrogen (secondary N) is 3. The maximum Gasteiger partial charge on any atom is 0.226 e. The van der Waals surface area contributed by atoms with Gasteiger partial charge in [0, 0.05) is 13.6 Å². The fourth-order valence-electron chi connectivity index (χ4n) is 2.86. The highest BCUT2D eigenvalue weighted by atomic mass is 15.2. The molecule has 6 heteroatoms. The Balaban J connectivity index is 1.71. The summed E-state index contributed by atoms with van der Waals surface area (Å²) in [7, 11) is 1.82. The molecule has 20 heavy (non-hydrogen) atoms. The molecule has 0 aliphatic heterocycles. The Hall–Kier alpha value is -1.85. The molecule has 108 valence electrons. The van der Waals surface area contributed by atoms with Gasteiger partial charge in [-0.2, -0.15) is 15.1 Å². The van der Waals surface area contributed by atoms with Gasteiger partial charge in [-0.05, 0) is 24.7 Å². The first-order valence-electron chi connectivity index (χ1n) is 7.39. The molecule has 3 rings (SSSR count). The SMILES string of the molecule is CNc1nc(NCC2CCC(C)CC2)c2cn[nH]c2n1. The largest absolute Gasteiger partial charge is 0.369 e. The molecule has 0 radical (unpaired) electrons. The summed E-state index contributed by atoms with van der Waals surface area (Å²) in [5.74, 6) is 3.12. The van der Waals surface area contributed by atoms with Crippen LogP contribution in [-0.4, -0.2) is 33.8 Å². The van der Waals surface area contributed by atoms with Crippen LogP contribution >= 0.6 is 0 Å². The van der Waals surface area contributed by atoms with Crippen molar-refractivity contribution in [1.82, 2.24) is 20.2 Å². The highest BCUT2D eigenvalue weighted by Gasteiger charge is 2.18. The van der Waals surface area contributed by atoms with Crippen LogP contribution in [0.2, 0.25) is 0 Å². The van der Waals surface area contributed by atoms with Gasteiger partial charge in [0.15, 0.2) is 5.65 Å². The molecule has 0 amide bonds. The topological polar surface area (TPSA) is 78.5 Å². The van der Waals surface area contributed by atoms with Crippen molar-refractivity contribution < 1.29 is 0 Å². The van der Waals surface area contributed by atoms with Crippen LogP contribution in [0, 0.1) is 11.8 Å². The number of aromatic amines is 1. The van der Waals surface area contributed by atoms with Crippen molar-refractivity contribution in [2.24, 2.45) is 11.8 Å². The summed E-state index contributed by atoms with van der Waals surface area (Å²) in [5.41, 5.74) is 0.768. The third kappa shape index (κ3) is 2.69. The van der Waals surface area contributed by atoms with Crippen LogP contribution in [0.5, 0.6) is 0 Å². The number of H-pyrrole nitrogens is 1. The van der Waals surface area contributed by atoms with Gasteiger partial charge >= 0.3 is 0 Å². The van der Waals surface area contributed by atoms with Crippen LogP contribution in [0.4, 0.5) is 11.8 Å². The summed E-state index contributed by atoms with van der Waals surface area (Å²) in [6, 6.07) is 0. The van der Waals surface area contributed by atoms with E-state index in [4.69, 9.17) is 0 Å². The Labute approximate surface area is 118 Å². The van der Waals surface area contributed by atoms with Crippen molar-refractivity contribution in [2.75, 3.05) is 24.2 Å². The number of aromatic nitrogens is 4. The molecule has 1 aliphatic rings. The van der Waals surface area contributed by atoms with E-state index in [2.05, 4.69) is 37.7 Å². The Morgan fingerprint density at radius 3 is 2.80 bits per heavy atom. The first-order valence-corrected chi connectivity index (χ1v) is 7.39. The summed E-state index contributed by atoms with van der Waals surface area (Å²) >= 11 is 0. The zero-order chi connectivity index (χ0) is 13.9. The first kappa shape index (κ1) is 13.1. The van der Waals surface area contributed by atoms with Gasteiger partial charge in [0.05, 0.1) is 11.6 Å². The average Bonchev–Trinajstić information content (AvgIpc) is 2.94. The molecule has 1 saturated carbocycles. The lowest BCUT2D eigenvalue weighted by atomic mass is 9.83. The van der Waals surface area contributed by atoms with E-state index in [-0.39, 0.29) is 0 Å². The van der Waals surface area contributed by atoms with Gasteiger partial charge in [-0.1, -0.05) is 19.8 Å². The summed E-state index contributed by atoms with van der Waals surface area (Å²) in [5, 5.41) is 14.4. The number of hydrogen-bond donors (Lipinski definition) is 3. The fraction of sp³-hybridized carbons (Fsp3) is 0.643. The zero-order valence-corrected chi connectivity index (χ0v) is 12.1. The maximum absolute atomic E-state index is 4.50. The summed E-state index contributed by atoms with van der Waals surface area (Å²) in [6.45, 7) is 3.33. The highest BCUT2D eigenvalue weighted by Crippen LogP contribution is 2.29. The van der Waals surface area contributed by atoms with Crippen LogP contribution in [0.1, 0.15) is 32.6 Å². The van der Waals surface area contributed by atoms with Crippen molar-refractivity contribution >= 4 is 22.8 Å². The van der Waals surface area contributed by atoms with E-state index in [1.807, 2.05) is 7.05 Å². The molecule has 0 unspecified atom stereocenters. The van der Waals surface area contributed by atoms with Gasteiger partial charge in [-0.15, -0.1) is 0 Å². The van der Waals surface area contributed by atoms with Gasteiger partial charge in [0.2, 0.25) is 5.95 Å². The minimum Gasteiger partial charge on any atom is -0.369 e. The standard InChI is InChI=1S/C14H22N6/c1-9-3-5-10(6-4-9)7-16-12-11-8-17-20-13(11)19-14(15-2)18-12/h8-10H,3-7H2,1-2H3,(H3,15,16,17,18,19,20). The van der Waals surface area contributed by atoms with Gasteiger partial charge in [-0.3, -0.25) is 5.10 Å². The van der Waals surface area contributed by atoms with Crippen LogP contribution in [0.15, 0.2) is 6.20 Å². The van der Waals surface area contributed by atoms with Crippen molar-refractivity contribution in [3.8, 4) is 0 Å². The normalized spacial score (nSPS) is 22.9. The molecule has 0 aromatic carbocycles. The van der Waals surface area contributed by atoms with E-state index < -0.39 is 0 Å². The monoisotopic (exact) mass is 274 g/mol. The van der Waals surface area contributed by atoms with E-state index in [1.54, 1.807) is 6.20 Å². The molecule has 0 spiro atoms. The number of fused-ring (bicyclic) bond motifs is 1. The van der Waals surface area contributed by atoms with E-state index in [0.717, 1.165) is 35.2 Å². The maximum atomic E-state index is 4.50. The lowest BCUT2D eigenvalue weighted by Gasteiger charge is -2.26. The summed E-state index contributed by atoms with van der Waals surface area (Å²) in [4.78, 5) is 8.84. The number of rotatable bonds is 4. The van der Waals surface area contributed by atoms with Crippen LogP contribution in [0.25, 0.3) is 11.0 Å². The number of nitrogens with zero attached hydrogens (tertiary/aromatic N) is 3. The number of anilines is 2. The molecular weight excluding hydrogens is 252 g/mol. The van der Waals surface area contributed by atoms with Gasteiger partial charge < -0.3 is 10.6 Å². The summed E-state index contributed by atoms with van der Waals surface area (Å²) in [6.07, 6.45) is 7.09. The Bertz CT molecular complexity index is 570. The molecule has 0 bridgehead atoms. The minimum atomic E-state index is 0.613. The Morgan fingerprint density at radius 2 is 2.05 bits per heavy atom. The van der Waals surface area contributed by atoms with E-state index in [0.29, 0.717) is 5.95 Å². The quantitative estimate of drug-likeness (QED) is 0.798. The molecule has 2 aromatic heterocycles. The molecule has 0 saturated heterocycles. The highest BCUT2D eigenvalue weighted by molar-refractivity contribution is 5.86. The zero-order valence-electron chi connectivity index (χ0n) is 12.1. The van der Waals surface area contributed by atoms with Crippen LogP contribution < -0.4 is 10.6 Å². The van der Waals surface area contributed by atoms with E-state index in [1.165, 1.54) is 25.7 Å². The lowest BCUT2D eigenvalue weighted by Crippen LogP contribution is -2.20. The molecule has 0 atom stereocenters. The fourth-order valence-corrected chi connectivity index (χ4v) is 2.86. The molecule has 1 aliphatic carbocycles. The smallest absolute Gasteiger partial charge is 0.226 e.